The number of Topliss-reactive ketones (excluding diaryl/α,β-unsaturated/α-hetero) is 1. The summed E-state index contributed by atoms with van der Waals surface area (Å²) in [6.45, 7) is 7.76. The zero-order valence-corrected chi connectivity index (χ0v) is 9.29. The Kier molecular flexibility index (Phi) is 5.12. The van der Waals surface area contributed by atoms with E-state index in [2.05, 4.69) is 11.8 Å². The highest BCUT2D eigenvalue weighted by atomic mass is 16.5. The fourth-order valence-electron chi connectivity index (χ4n) is 1.82. The Morgan fingerprint density at radius 1 is 1.43 bits per heavy atom. The molecule has 0 aromatic carbocycles. The number of nitrogens with zero attached hydrogens (tertiary/aromatic N) is 1. The second-order valence-electron chi connectivity index (χ2n) is 3.88. The largest absolute Gasteiger partial charge is 0.368 e. The van der Waals surface area contributed by atoms with E-state index < -0.39 is 0 Å². The molecular weight excluding hydrogens is 178 g/mol. The molecule has 1 unspecified atom stereocenters. The average Bonchev–Trinajstić information content (AvgIpc) is 2.19. The molecule has 14 heavy (non-hydrogen) atoms. The molecule has 1 heterocycles. The van der Waals surface area contributed by atoms with Crippen LogP contribution in [0.4, 0.5) is 0 Å². The van der Waals surface area contributed by atoms with Gasteiger partial charge < -0.3 is 4.74 Å². The van der Waals surface area contributed by atoms with Crippen LogP contribution in [-0.4, -0.2) is 43.0 Å². The van der Waals surface area contributed by atoms with Crippen LogP contribution < -0.4 is 0 Å². The van der Waals surface area contributed by atoms with Crippen LogP contribution >= 0.6 is 0 Å². The van der Waals surface area contributed by atoms with Crippen molar-refractivity contribution in [1.29, 1.82) is 0 Å². The van der Waals surface area contributed by atoms with E-state index in [1.54, 1.807) is 0 Å². The molecule has 1 saturated heterocycles. The smallest absolute Gasteiger partial charge is 0.162 e. The van der Waals surface area contributed by atoms with Gasteiger partial charge in [-0.25, -0.2) is 0 Å². The lowest BCUT2D eigenvalue weighted by molar-refractivity contribution is -0.136. The van der Waals surface area contributed by atoms with Crippen LogP contribution in [0, 0.1) is 0 Å². The number of carbonyl (C=O) groups is 1. The fraction of sp³-hybridized carbons (Fsp3) is 0.909. The molecule has 1 rings (SSSR count). The summed E-state index contributed by atoms with van der Waals surface area (Å²) in [5.41, 5.74) is 0. The zero-order chi connectivity index (χ0) is 10.4. The van der Waals surface area contributed by atoms with Gasteiger partial charge >= 0.3 is 0 Å². The van der Waals surface area contributed by atoms with Crippen LogP contribution in [-0.2, 0) is 9.53 Å². The monoisotopic (exact) mass is 199 g/mol. The van der Waals surface area contributed by atoms with Gasteiger partial charge in [-0.2, -0.15) is 0 Å². The number of ether oxygens (including phenoxy) is 1. The summed E-state index contributed by atoms with van der Waals surface area (Å²) in [7, 11) is 0. The molecule has 1 aliphatic heterocycles. The van der Waals surface area contributed by atoms with Gasteiger partial charge in [0, 0.05) is 19.5 Å². The molecule has 0 N–H and O–H groups in total. The molecule has 0 saturated carbocycles. The van der Waals surface area contributed by atoms with Crippen molar-refractivity contribution < 1.29 is 9.53 Å². The molecule has 0 spiro atoms. The lowest BCUT2D eigenvalue weighted by Crippen LogP contribution is -2.46. The first-order chi connectivity index (χ1) is 6.77. The van der Waals surface area contributed by atoms with Crippen molar-refractivity contribution in [2.45, 2.75) is 39.2 Å². The maximum Gasteiger partial charge on any atom is 0.162 e. The van der Waals surface area contributed by atoms with E-state index in [0.717, 1.165) is 32.5 Å². The summed E-state index contributed by atoms with van der Waals surface area (Å²) in [4.78, 5) is 13.9. The number of rotatable bonds is 5. The van der Waals surface area contributed by atoms with Gasteiger partial charge in [0.25, 0.3) is 0 Å². The minimum atomic E-state index is -0.157. The Labute approximate surface area is 86.4 Å². The molecule has 0 aromatic heterocycles. The van der Waals surface area contributed by atoms with E-state index in [0.29, 0.717) is 13.0 Å². The van der Waals surface area contributed by atoms with Crippen molar-refractivity contribution in [2.75, 3.05) is 26.2 Å². The molecule has 0 bridgehead atoms. The topological polar surface area (TPSA) is 29.5 Å². The summed E-state index contributed by atoms with van der Waals surface area (Å²) in [5, 5.41) is 0. The van der Waals surface area contributed by atoms with E-state index in [9.17, 15) is 4.79 Å². The Balaban J connectivity index is 2.35. The molecule has 3 nitrogen and oxygen atoms in total. The SMILES string of the molecule is CCCC(=O)C1CN(CCC)CCO1. The average molecular weight is 199 g/mol. The lowest BCUT2D eigenvalue weighted by Gasteiger charge is -2.31. The minimum absolute atomic E-state index is 0.157. The third-order valence-corrected chi connectivity index (χ3v) is 2.55. The molecule has 0 aromatic rings. The van der Waals surface area contributed by atoms with Gasteiger partial charge in [-0.05, 0) is 19.4 Å². The maximum absolute atomic E-state index is 11.6. The quantitative estimate of drug-likeness (QED) is 0.671. The van der Waals surface area contributed by atoms with Crippen LogP contribution in [0.25, 0.3) is 0 Å². The Morgan fingerprint density at radius 3 is 2.86 bits per heavy atom. The first-order valence-electron chi connectivity index (χ1n) is 5.64. The van der Waals surface area contributed by atoms with Gasteiger partial charge in [0.05, 0.1) is 6.61 Å². The van der Waals surface area contributed by atoms with Gasteiger partial charge in [0.1, 0.15) is 6.10 Å². The molecule has 82 valence electrons. The predicted molar refractivity (Wildman–Crippen MR) is 56.4 cm³/mol. The van der Waals surface area contributed by atoms with Gasteiger partial charge in [-0.1, -0.05) is 13.8 Å². The zero-order valence-electron chi connectivity index (χ0n) is 9.29. The highest BCUT2D eigenvalue weighted by molar-refractivity contribution is 5.83. The van der Waals surface area contributed by atoms with Gasteiger partial charge in [-0.15, -0.1) is 0 Å². The molecular formula is C11H21NO2. The van der Waals surface area contributed by atoms with Gasteiger partial charge in [0.15, 0.2) is 5.78 Å². The van der Waals surface area contributed by atoms with E-state index in [1.165, 1.54) is 0 Å². The Morgan fingerprint density at radius 2 is 2.21 bits per heavy atom. The van der Waals surface area contributed by atoms with Crippen LogP contribution in [0.3, 0.4) is 0 Å². The second-order valence-corrected chi connectivity index (χ2v) is 3.88. The third-order valence-electron chi connectivity index (χ3n) is 2.55. The Hall–Kier alpha value is -0.410. The number of morpholine rings is 1. The first kappa shape index (κ1) is 11.7. The highest BCUT2D eigenvalue weighted by Crippen LogP contribution is 2.09. The van der Waals surface area contributed by atoms with E-state index >= 15 is 0 Å². The van der Waals surface area contributed by atoms with Crippen molar-refractivity contribution in [3.05, 3.63) is 0 Å². The molecule has 0 amide bonds. The summed E-state index contributed by atoms with van der Waals surface area (Å²) < 4.78 is 5.48. The van der Waals surface area contributed by atoms with Crippen LogP contribution in [0.5, 0.6) is 0 Å². The standard InChI is InChI=1S/C11H21NO2/c1-3-5-10(13)11-9-12(6-4-2)7-8-14-11/h11H,3-9H2,1-2H3. The van der Waals surface area contributed by atoms with Crippen LogP contribution in [0.15, 0.2) is 0 Å². The molecule has 1 fully saturated rings. The number of carbonyl (C=O) groups excluding carboxylic acids is 1. The maximum atomic E-state index is 11.6. The highest BCUT2D eigenvalue weighted by Gasteiger charge is 2.24. The van der Waals surface area contributed by atoms with Crippen molar-refractivity contribution in [3.63, 3.8) is 0 Å². The number of hydrogen-bond acceptors (Lipinski definition) is 3. The summed E-state index contributed by atoms with van der Waals surface area (Å²) in [5.74, 6) is 0.272. The molecule has 0 aliphatic carbocycles. The predicted octanol–water partition coefficient (Wildman–Crippen LogP) is 1.47. The normalized spacial score (nSPS) is 23.7. The lowest BCUT2D eigenvalue weighted by atomic mass is 10.1. The third kappa shape index (κ3) is 3.39. The van der Waals surface area contributed by atoms with Crippen molar-refractivity contribution in [3.8, 4) is 0 Å². The molecule has 3 heteroatoms. The van der Waals surface area contributed by atoms with E-state index in [4.69, 9.17) is 4.74 Å². The van der Waals surface area contributed by atoms with Crippen molar-refractivity contribution in [1.82, 2.24) is 4.90 Å². The Bertz CT molecular complexity index is 180. The van der Waals surface area contributed by atoms with E-state index in [1.807, 2.05) is 6.92 Å². The number of hydrogen-bond donors (Lipinski definition) is 0. The van der Waals surface area contributed by atoms with Crippen molar-refractivity contribution >= 4 is 5.78 Å². The van der Waals surface area contributed by atoms with E-state index in [-0.39, 0.29) is 11.9 Å². The fourth-order valence-corrected chi connectivity index (χ4v) is 1.82. The summed E-state index contributed by atoms with van der Waals surface area (Å²) in [6, 6.07) is 0. The van der Waals surface area contributed by atoms with Gasteiger partial charge in [0.2, 0.25) is 0 Å². The van der Waals surface area contributed by atoms with Crippen LogP contribution in [0.2, 0.25) is 0 Å². The second kappa shape index (κ2) is 6.14. The van der Waals surface area contributed by atoms with Gasteiger partial charge in [-0.3, -0.25) is 9.69 Å². The summed E-state index contributed by atoms with van der Waals surface area (Å²) >= 11 is 0. The summed E-state index contributed by atoms with van der Waals surface area (Å²) in [6.07, 6.45) is 2.57. The number of ketones is 1. The molecule has 1 atom stereocenters. The van der Waals surface area contributed by atoms with Crippen molar-refractivity contribution in [2.24, 2.45) is 0 Å². The van der Waals surface area contributed by atoms with Crippen LogP contribution in [0.1, 0.15) is 33.1 Å². The minimum Gasteiger partial charge on any atom is -0.368 e. The molecule has 0 radical (unpaired) electrons. The molecule has 1 aliphatic rings. The first-order valence-corrected chi connectivity index (χ1v) is 5.64.